The lowest BCUT2D eigenvalue weighted by Crippen LogP contribution is -2.36. The van der Waals surface area contributed by atoms with Crippen molar-refractivity contribution in [2.45, 2.75) is 37.1 Å². The van der Waals surface area contributed by atoms with Crippen LogP contribution in [0.1, 0.15) is 25.3 Å². The van der Waals surface area contributed by atoms with Crippen LogP contribution in [0, 0.1) is 0 Å². The molecule has 0 atom stereocenters. The van der Waals surface area contributed by atoms with Crippen molar-refractivity contribution in [3.8, 4) is 0 Å². The van der Waals surface area contributed by atoms with Crippen molar-refractivity contribution in [2.75, 3.05) is 31.5 Å². The maximum absolute atomic E-state index is 12.3. The van der Waals surface area contributed by atoms with Crippen LogP contribution in [0.3, 0.4) is 0 Å². The Balaban J connectivity index is 1.61. The van der Waals surface area contributed by atoms with Gasteiger partial charge in [-0.25, -0.2) is 13.1 Å². The quantitative estimate of drug-likeness (QED) is 0.799. The molecule has 0 radical (unpaired) electrons. The Morgan fingerprint density at radius 3 is 2.90 bits per heavy atom. The van der Waals surface area contributed by atoms with E-state index in [4.69, 9.17) is 0 Å². The number of hydrogen-bond acceptors (Lipinski definition) is 4. The second-order valence-electron chi connectivity index (χ2n) is 5.75. The molecule has 2 N–H and O–H groups in total. The first kappa shape index (κ1) is 14.8. The second kappa shape index (κ2) is 5.94. The highest BCUT2D eigenvalue weighted by molar-refractivity contribution is 7.89. The lowest BCUT2D eigenvalue weighted by molar-refractivity contribution is 0.282. The molecule has 1 aromatic carbocycles. The van der Waals surface area contributed by atoms with E-state index in [1.807, 2.05) is 6.07 Å². The maximum Gasteiger partial charge on any atom is 0.240 e. The SMILES string of the molecule is CCN(CCNS(=O)(=O)c1ccc2c(c1)NCC2)C1CC1. The number of anilines is 1. The van der Waals surface area contributed by atoms with Crippen LogP contribution >= 0.6 is 0 Å². The zero-order valence-electron chi connectivity index (χ0n) is 12.4. The number of likely N-dealkylation sites (N-methyl/N-ethyl adjacent to an activating group) is 1. The summed E-state index contributed by atoms with van der Waals surface area (Å²) in [4.78, 5) is 2.69. The highest BCUT2D eigenvalue weighted by Gasteiger charge is 2.27. The van der Waals surface area contributed by atoms with Gasteiger partial charge in [0.1, 0.15) is 0 Å². The number of benzene rings is 1. The van der Waals surface area contributed by atoms with Gasteiger partial charge < -0.3 is 5.32 Å². The third-order valence-corrected chi connectivity index (χ3v) is 5.72. The smallest absolute Gasteiger partial charge is 0.240 e. The Morgan fingerprint density at radius 1 is 1.38 bits per heavy atom. The third-order valence-electron chi connectivity index (χ3n) is 4.26. The topological polar surface area (TPSA) is 61.4 Å². The van der Waals surface area contributed by atoms with Gasteiger partial charge in [-0.2, -0.15) is 0 Å². The van der Waals surface area contributed by atoms with Gasteiger partial charge in [0.2, 0.25) is 10.0 Å². The molecular weight excluding hydrogens is 286 g/mol. The molecule has 1 heterocycles. The molecule has 0 bridgehead atoms. The van der Waals surface area contributed by atoms with Gasteiger partial charge in [-0.15, -0.1) is 0 Å². The predicted octanol–water partition coefficient (Wildman–Crippen LogP) is 1.42. The summed E-state index contributed by atoms with van der Waals surface area (Å²) in [6, 6.07) is 6.02. The standard InChI is InChI=1S/C15H23N3O2S/c1-2-18(13-4-5-13)10-9-17-21(19,20)14-6-3-12-7-8-16-15(12)11-14/h3,6,11,13,16-17H,2,4-5,7-10H2,1H3. The van der Waals surface area contributed by atoms with Crippen molar-refractivity contribution < 1.29 is 8.42 Å². The van der Waals surface area contributed by atoms with Gasteiger partial charge in [-0.1, -0.05) is 13.0 Å². The van der Waals surface area contributed by atoms with E-state index in [2.05, 4.69) is 21.9 Å². The van der Waals surface area contributed by atoms with Crippen LogP contribution < -0.4 is 10.0 Å². The fraction of sp³-hybridized carbons (Fsp3) is 0.600. The van der Waals surface area contributed by atoms with Crippen LogP contribution in [0.2, 0.25) is 0 Å². The van der Waals surface area contributed by atoms with E-state index < -0.39 is 10.0 Å². The van der Waals surface area contributed by atoms with Crippen LogP contribution in [0.4, 0.5) is 5.69 Å². The zero-order chi connectivity index (χ0) is 14.9. The van der Waals surface area contributed by atoms with Crippen molar-refractivity contribution in [2.24, 2.45) is 0 Å². The molecule has 0 saturated heterocycles. The van der Waals surface area contributed by atoms with Gasteiger partial charge in [0, 0.05) is 31.4 Å². The Labute approximate surface area is 126 Å². The first-order valence-electron chi connectivity index (χ1n) is 7.70. The number of fused-ring (bicyclic) bond motifs is 1. The molecule has 0 aromatic heterocycles. The molecule has 6 heteroatoms. The molecule has 1 aliphatic carbocycles. The Hall–Kier alpha value is -1.11. The average Bonchev–Trinajstić information content (AvgIpc) is 3.20. The van der Waals surface area contributed by atoms with E-state index in [0.29, 0.717) is 17.5 Å². The number of nitrogens with one attached hydrogen (secondary N) is 2. The molecule has 2 aliphatic rings. The van der Waals surface area contributed by atoms with Crippen LogP contribution in [-0.4, -0.2) is 45.5 Å². The van der Waals surface area contributed by atoms with E-state index >= 15 is 0 Å². The fourth-order valence-electron chi connectivity index (χ4n) is 2.88. The normalized spacial score (nSPS) is 17.8. The minimum Gasteiger partial charge on any atom is -0.384 e. The van der Waals surface area contributed by atoms with Crippen molar-refractivity contribution in [1.29, 1.82) is 0 Å². The first-order chi connectivity index (χ1) is 10.1. The summed E-state index contributed by atoms with van der Waals surface area (Å²) in [6.45, 7) is 5.24. The van der Waals surface area contributed by atoms with Crippen LogP contribution in [0.15, 0.2) is 23.1 Å². The average molecular weight is 309 g/mol. The van der Waals surface area contributed by atoms with E-state index in [9.17, 15) is 8.42 Å². The summed E-state index contributed by atoms with van der Waals surface area (Å²) >= 11 is 0. The minimum absolute atomic E-state index is 0.352. The van der Waals surface area contributed by atoms with Crippen molar-refractivity contribution >= 4 is 15.7 Å². The summed E-state index contributed by atoms with van der Waals surface area (Å²) in [5, 5.41) is 3.22. The number of sulfonamides is 1. The zero-order valence-corrected chi connectivity index (χ0v) is 13.2. The number of nitrogens with zero attached hydrogens (tertiary/aromatic N) is 1. The lowest BCUT2D eigenvalue weighted by atomic mass is 10.2. The molecule has 0 spiro atoms. The molecule has 0 amide bonds. The highest BCUT2D eigenvalue weighted by Crippen LogP contribution is 2.26. The van der Waals surface area contributed by atoms with Gasteiger partial charge in [-0.05, 0) is 43.5 Å². The van der Waals surface area contributed by atoms with Crippen molar-refractivity contribution in [1.82, 2.24) is 9.62 Å². The van der Waals surface area contributed by atoms with Crippen molar-refractivity contribution in [3.63, 3.8) is 0 Å². The van der Waals surface area contributed by atoms with Gasteiger partial charge in [0.25, 0.3) is 0 Å². The summed E-state index contributed by atoms with van der Waals surface area (Å²) < 4.78 is 27.4. The van der Waals surface area contributed by atoms with Gasteiger partial charge >= 0.3 is 0 Å². The molecule has 1 fully saturated rings. The Kier molecular flexibility index (Phi) is 4.19. The van der Waals surface area contributed by atoms with E-state index in [1.165, 1.54) is 18.4 Å². The molecule has 0 unspecified atom stereocenters. The molecular formula is C15H23N3O2S. The maximum atomic E-state index is 12.3. The van der Waals surface area contributed by atoms with Gasteiger partial charge in [-0.3, -0.25) is 4.90 Å². The molecule has 3 rings (SSSR count). The largest absolute Gasteiger partial charge is 0.384 e. The molecule has 1 aromatic rings. The Bertz CT molecular complexity index is 611. The van der Waals surface area contributed by atoms with Gasteiger partial charge in [0.15, 0.2) is 0 Å². The summed E-state index contributed by atoms with van der Waals surface area (Å²) in [5.41, 5.74) is 2.14. The lowest BCUT2D eigenvalue weighted by Gasteiger charge is -2.19. The van der Waals surface area contributed by atoms with E-state index in [0.717, 1.165) is 31.7 Å². The third kappa shape index (κ3) is 3.39. The number of rotatable bonds is 7. The molecule has 5 nitrogen and oxygen atoms in total. The molecule has 21 heavy (non-hydrogen) atoms. The van der Waals surface area contributed by atoms with Gasteiger partial charge in [0.05, 0.1) is 4.90 Å². The Morgan fingerprint density at radius 2 is 2.19 bits per heavy atom. The van der Waals surface area contributed by atoms with E-state index in [1.54, 1.807) is 12.1 Å². The highest BCUT2D eigenvalue weighted by atomic mass is 32.2. The second-order valence-corrected chi connectivity index (χ2v) is 7.52. The minimum atomic E-state index is -3.41. The van der Waals surface area contributed by atoms with Crippen LogP contribution in [-0.2, 0) is 16.4 Å². The monoisotopic (exact) mass is 309 g/mol. The molecule has 116 valence electrons. The van der Waals surface area contributed by atoms with Crippen molar-refractivity contribution in [3.05, 3.63) is 23.8 Å². The summed E-state index contributed by atoms with van der Waals surface area (Å²) in [7, 11) is -3.41. The van der Waals surface area contributed by atoms with E-state index in [-0.39, 0.29) is 0 Å². The first-order valence-corrected chi connectivity index (χ1v) is 9.19. The molecule has 1 aliphatic heterocycles. The summed E-state index contributed by atoms with van der Waals surface area (Å²) in [6.07, 6.45) is 3.46. The number of hydrogen-bond donors (Lipinski definition) is 2. The fourth-order valence-corrected chi connectivity index (χ4v) is 3.93. The molecule has 1 saturated carbocycles. The van der Waals surface area contributed by atoms with Crippen LogP contribution in [0.25, 0.3) is 0 Å². The predicted molar refractivity (Wildman–Crippen MR) is 84.1 cm³/mol. The van der Waals surface area contributed by atoms with Crippen LogP contribution in [0.5, 0.6) is 0 Å². The summed E-state index contributed by atoms with van der Waals surface area (Å²) in [5.74, 6) is 0.